The van der Waals surface area contributed by atoms with Gasteiger partial charge in [-0.25, -0.2) is 4.52 Å². The van der Waals surface area contributed by atoms with Gasteiger partial charge in [-0.15, -0.1) is 0 Å². The maximum atomic E-state index is 12.9. The van der Waals surface area contributed by atoms with Crippen LogP contribution in [0.25, 0.3) is 16.8 Å². The van der Waals surface area contributed by atoms with E-state index in [9.17, 15) is 9.59 Å². The molecule has 0 unspecified atom stereocenters. The van der Waals surface area contributed by atoms with Gasteiger partial charge in [0.25, 0.3) is 11.5 Å². The zero-order valence-electron chi connectivity index (χ0n) is 17.9. The number of amides is 1. The standard InChI is InChI=1S/C24H24N4O4/c1-3-32-18-10-8-17(9-11-18)20-16-21-24(30)27(14-15-28(21)26-20)13-12-25-23(29)19-6-4-5-7-22(19)31-2/h4-11,14-16H,3,12-13H2,1-2H3,(H,25,29). The average molecular weight is 432 g/mol. The largest absolute Gasteiger partial charge is 0.496 e. The zero-order valence-corrected chi connectivity index (χ0v) is 17.9. The minimum Gasteiger partial charge on any atom is -0.496 e. The third kappa shape index (κ3) is 4.34. The Bertz CT molecular complexity index is 1290. The molecule has 8 nitrogen and oxygen atoms in total. The molecule has 0 saturated carbocycles. The van der Waals surface area contributed by atoms with Crippen molar-refractivity contribution < 1.29 is 14.3 Å². The van der Waals surface area contributed by atoms with E-state index >= 15 is 0 Å². The van der Waals surface area contributed by atoms with E-state index in [-0.39, 0.29) is 11.5 Å². The van der Waals surface area contributed by atoms with Crippen molar-refractivity contribution in [2.24, 2.45) is 0 Å². The number of hydrogen-bond donors (Lipinski definition) is 1. The molecule has 0 spiro atoms. The fourth-order valence-corrected chi connectivity index (χ4v) is 3.45. The summed E-state index contributed by atoms with van der Waals surface area (Å²) in [6.07, 6.45) is 3.40. The van der Waals surface area contributed by atoms with Crippen molar-refractivity contribution >= 4 is 11.4 Å². The van der Waals surface area contributed by atoms with Crippen molar-refractivity contribution in [3.8, 4) is 22.8 Å². The average Bonchev–Trinajstić information content (AvgIpc) is 3.26. The molecule has 8 heteroatoms. The molecule has 32 heavy (non-hydrogen) atoms. The van der Waals surface area contributed by atoms with Crippen LogP contribution < -0.4 is 20.3 Å². The lowest BCUT2D eigenvalue weighted by Crippen LogP contribution is -2.31. The van der Waals surface area contributed by atoms with Gasteiger partial charge in [-0.3, -0.25) is 9.59 Å². The second kappa shape index (κ2) is 9.38. The Morgan fingerprint density at radius 3 is 2.62 bits per heavy atom. The van der Waals surface area contributed by atoms with Crippen molar-refractivity contribution in [1.82, 2.24) is 19.5 Å². The molecule has 4 aromatic rings. The van der Waals surface area contributed by atoms with Crippen LogP contribution in [0.2, 0.25) is 0 Å². The number of carbonyl (C=O) groups excluding carboxylic acids is 1. The summed E-state index contributed by atoms with van der Waals surface area (Å²) in [7, 11) is 1.52. The van der Waals surface area contributed by atoms with E-state index in [0.717, 1.165) is 11.3 Å². The molecule has 2 heterocycles. The van der Waals surface area contributed by atoms with Crippen LogP contribution in [0.4, 0.5) is 0 Å². The molecule has 0 radical (unpaired) electrons. The van der Waals surface area contributed by atoms with Gasteiger partial charge in [-0.05, 0) is 49.4 Å². The first-order valence-corrected chi connectivity index (χ1v) is 10.3. The lowest BCUT2D eigenvalue weighted by molar-refractivity contribution is 0.0949. The lowest BCUT2D eigenvalue weighted by atomic mass is 10.1. The molecule has 0 aliphatic carbocycles. The highest BCUT2D eigenvalue weighted by Crippen LogP contribution is 2.22. The summed E-state index contributed by atoms with van der Waals surface area (Å²) in [5.41, 5.74) is 2.34. The van der Waals surface area contributed by atoms with Crippen LogP contribution in [0.1, 0.15) is 17.3 Å². The van der Waals surface area contributed by atoms with Gasteiger partial charge in [0.05, 0.1) is 25.0 Å². The molecular formula is C24H24N4O4. The van der Waals surface area contributed by atoms with Crippen LogP contribution in [0, 0.1) is 0 Å². The molecule has 0 fully saturated rings. The van der Waals surface area contributed by atoms with E-state index in [1.54, 1.807) is 51.8 Å². The Labute approximate surface area is 185 Å². The Morgan fingerprint density at radius 2 is 1.88 bits per heavy atom. The number of nitrogens with zero attached hydrogens (tertiary/aromatic N) is 3. The Hall–Kier alpha value is -4.07. The van der Waals surface area contributed by atoms with Gasteiger partial charge in [-0.1, -0.05) is 12.1 Å². The normalized spacial score (nSPS) is 10.8. The van der Waals surface area contributed by atoms with E-state index in [4.69, 9.17) is 9.47 Å². The van der Waals surface area contributed by atoms with Crippen molar-refractivity contribution in [2.45, 2.75) is 13.5 Å². The fraction of sp³-hybridized carbons (Fsp3) is 0.208. The molecular weight excluding hydrogens is 408 g/mol. The monoisotopic (exact) mass is 432 g/mol. The molecule has 1 N–H and O–H groups in total. The van der Waals surface area contributed by atoms with Crippen LogP contribution in [-0.2, 0) is 6.54 Å². The van der Waals surface area contributed by atoms with E-state index in [1.807, 2.05) is 31.2 Å². The maximum absolute atomic E-state index is 12.9. The number of para-hydroxylation sites is 1. The zero-order chi connectivity index (χ0) is 22.5. The number of fused-ring (bicyclic) bond motifs is 1. The summed E-state index contributed by atoms with van der Waals surface area (Å²) in [5.74, 6) is 1.04. The van der Waals surface area contributed by atoms with Gasteiger partial charge in [0.2, 0.25) is 0 Å². The molecule has 0 aliphatic heterocycles. The number of rotatable bonds is 8. The molecule has 1 amide bonds. The molecule has 0 aliphatic rings. The second-order valence-electron chi connectivity index (χ2n) is 7.07. The maximum Gasteiger partial charge on any atom is 0.276 e. The first-order valence-electron chi connectivity index (χ1n) is 10.3. The number of carbonyl (C=O) groups is 1. The molecule has 4 rings (SSSR count). The summed E-state index contributed by atoms with van der Waals surface area (Å²) in [6.45, 7) is 3.17. The highest BCUT2D eigenvalue weighted by Gasteiger charge is 2.12. The molecule has 0 bridgehead atoms. The van der Waals surface area contributed by atoms with Gasteiger partial charge in [-0.2, -0.15) is 5.10 Å². The fourth-order valence-electron chi connectivity index (χ4n) is 3.45. The van der Waals surface area contributed by atoms with Gasteiger partial charge >= 0.3 is 0 Å². The smallest absolute Gasteiger partial charge is 0.276 e. The predicted molar refractivity (Wildman–Crippen MR) is 121 cm³/mol. The Morgan fingerprint density at radius 1 is 1.09 bits per heavy atom. The van der Waals surface area contributed by atoms with Crippen LogP contribution in [0.3, 0.4) is 0 Å². The highest BCUT2D eigenvalue weighted by molar-refractivity contribution is 5.96. The van der Waals surface area contributed by atoms with E-state index in [2.05, 4.69) is 10.4 Å². The summed E-state index contributed by atoms with van der Waals surface area (Å²) in [5, 5.41) is 7.34. The SMILES string of the molecule is CCOc1ccc(-c2cc3c(=O)n(CCNC(=O)c4ccccc4OC)ccn3n2)cc1. The molecule has 2 aromatic heterocycles. The number of methoxy groups -OCH3 is 1. The molecule has 0 atom stereocenters. The van der Waals surface area contributed by atoms with Crippen LogP contribution in [-0.4, -0.2) is 40.3 Å². The number of aromatic nitrogens is 3. The number of nitrogens with one attached hydrogen (secondary N) is 1. The summed E-state index contributed by atoms with van der Waals surface area (Å²) >= 11 is 0. The molecule has 164 valence electrons. The minimum atomic E-state index is -0.251. The molecule has 2 aromatic carbocycles. The quantitative estimate of drug-likeness (QED) is 0.463. The van der Waals surface area contributed by atoms with Gasteiger partial charge in [0.15, 0.2) is 0 Å². The number of ether oxygens (including phenoxy) is 2. The lowest BCUT2D eigenvalue weighted by Gasteiger charge is -2.10. The Kier molecular flexibility index (Phi) is 6.21. The predicted octanol–water partition coefficient (Wildman–Crippen LogP) is 3.00. The van der Waals surface area contributed by atoms with Gasteiger partial charge < -0.3 is 19.4 Å². The van der Waals surface area contributed by atoms with Crippen LogP contribution in [0.15, 0.2) is 71.8 Å². The highest BCUT2D eigenvalue weighted by atomic mass is 16.5. The van der Waals surface area contributed by atoms with Crippen molar-refractivity contribution in [2.75, 3.05) is 20.3 Å². The summed E-state index contributed by atoms with van der Waals surface area (Å²) in [6, 6.07) is 16.4. The van der Waals surface area contributed by atoms with E-state index in [1.165, 1.54) is 7.11 Å². The third-order valence-corrected chi connectivity index (χ3v) is 5.05. The van der Waals surface area contributed by atoms with E-state index in [0.29, 0.717) is 42.2 Å². The van der Waals surface area contributed by atoms with E-state index < -0.39 is 0 Å². The minimum absolute atomic E-state index is 0.177. The Balaban J connectivity index is 1.48. The number of hydrogen-bond acceptors (Lipinski definition) is 5. The van der Waals surface area contributed by atoms with Crippen molar-refractivity contribution in [3.63, 3.8) is 0 Å². The summed E-state index contributed by atoms with van der Waals surface area (Å²) in [4.78, 5) is 25.3. The topological polar surface area (TPSA) is 86.9 Å². The first-order chi connectivity index (χ1) is 15.6. The van der Waals surface area contributed by atoms with Crippen LogP contribution in [0.5, 0.6) is 11.5 Å². The van der Waals surface area contributed by atoms with Crippen LogP contribution >= 0.6 is 0 Å². The third-order valence-electron chi connectivity index (χ3n) is 5.05. The van der Waals surface area contributed by atoms with Crippen molar-refractivity contribution in [3.05, 3.63) is 82.9 Å². The van der Waals surface area contributed by atoms with Crippen molar-refractivity contribution in [1.29, 1.82) is 0 Å². The summed E-state index contributed by atoms with van der Waals surface area (Å²) < 4.78 is 13.8. The molecule has 0 saturated heterocycles. The first kappa shape index (κ1) is 21.2. The van der Waals surface area contributed by atoms with Gasteiger partial charge in [0.1, 0.15) is 17.0 Å². The number of benzene rings is 2. The second-order valence-corrected chi connectivity index (χ2v) is 7.07. The van der Waals surface area contributed by atoms with Gasteiger partial charge in [0, 0.05) is 31.0 Å².